The van der Waals surface area contributed by atoms with Crippen molar-refractivity contribution in [2.75, 3.05) is 10.2 Å². The second-order valence-electron chi connectivity index (χ2n) is 6.75. The number of benzene rings is 1. The minimum Gasteiger partial charge on any atom is -0.406 e. The molecule has 6 nitrogen and oxygen atoms in total. The summed E-state index contributed by atoms with van der Waals surface area (Å²) in [5.74, 6) is -1.02. The van der Waals surface area contributed by atoms with Crippen molar-refractivity contribution in [3.8, 4) is 5.75 Å². The summed E-state index contributed by atoms with van der Waals surface area (Å²) >= 11 is 1.25. The Balaban J connectivity index is 1.89. The number of nitrogens with one attached hydrogen (secondary N) is 1. The Labute approximate surface area is 163 Å². The molecule has 2 heterocycles. The summed E-state index contributed by atoms with van der Waals surface area (Å²) in [6.45, 7) is 3.84. The van der Waals surface area contributed by atoms with Crippen molar-refractivity contribution in [3.63, 3.8) is 0 Å². The van der Waals surface area contributed by atoms with E-state index in [9.17, 15) is 22.8 Å². The van der Waals surface area contributed by atoms with Crippen molar-refractivity contribution in [1.29, 1.82) is 0 Å². The van der Waals surface area contributed by atoms with Crippen LogP contribution in [0.15, 0.2) is 29.8 Å². The number of carbonyl (C=O) groups excluding carboxylic acids is 2. The first-order valence-corrected chi connectivity index (χ1v) is 9.43. The van der Waals surface area contributed by atoms with E-state index in [1.54, 1.807) is 11.6 Å². The third kappa shape index (κ3) is 4.61. The van der Waals surface area contributed by atoms with E-state index in [1.807, 2.05) is 13.8 Å². The van der Waals surface area contributed by atoms with E-state index in [0.717, 1.165) is 6.07 Å². The van der Waals surface area contributed by atoms with E-state index >= 15 is 0 Å². The fraction of sp³-hybridized carbons (Fsp3) is 0.389. The number of anilines is 2. The summed E-state index contributed by atoms with van der Waals surface area (Å²) in [5, 5.41) is 4.83. The minimum atomic E-state index is -4.82. The molecule has 0 fully saturated rings. The molecule has 0 saturated heterocycles. The van der Waals surface area contributed by atoms with Gasteiger partial charge >= 0.3 is 6.36 Å². The molecule has 2 amide bonds. The van der Waals surface area contributed by atoms with Crippen LogP contribution in [0.4, 0.5) is 24.0 Å². The number of alkyl halides is 3. The Hall–Kier alpha value is -2.62. The Morgan fingerprint density at radius 1 is 1.39 bits per heavy atom. The summed E-state index contributed by atoms with van der Waals surface area (Å²) < 4.78 is 41.3. The molecule has 0 saturated carbocycles. The first-order valence-electron chi connectivity index (χ1n) is 8.55. The van der Waals surface area contributed by atoms with Crippen LogP contribution in [0.1, 0.15) is 25.8 Å². The zero-order chi connectivity index (χ0) is 20.5. The van der Waals surface area contributed by atoms with Crippen molar-refractivity contribution < 1.29 is 27.5 Å². The highest BCUT2D eigenvalue weighted by Gasteiger charge is 2.38. The van der Waals surface area contributed by atoms with Crippen molar-refractivity contribution >= 4 is 34.0 Å². The molecule has 0 spiro atoms. The molecule has 3 rings (SSSR count). The lowest BCUT2D eigenvalue weighted by molar-refractivity contribution is -0.274. The fourth-order valence-corrected chi connectivity index (χ4v) is 3.64. The van der Waals surface area contributed by atoms with Gasteiger partial charge in [-0.3, -0.25) is 14.5 Å². The molecule has 28 heavy (non-hydrogen) atoms. The number of rotatable bonds is 6. The number of fused-ring (bicyclic) bond motifs is 1. The second-order valence-corrected chi connectivity index (χ2v) is 7.65. The summed E-state index contributed by atoms with van der Waals surface area (Å²) in [7, 11) is 0. The molecule has 1 aliphatic rings. The molecule has 0 aliphatic carbocycles. The number of halogens is 3. The number of ether oxygens (including phenoxy) is 1. The lowest BCUT2D eigenvalue weighted by Gasteiger charge is -2.28. The molecule has 1 aromatic carbocycles. The topological polar surface area (TPSA) is 71.5 Å². The highest BCUT2D eigenvalue weighted by Crippen LogP contribution is 2.36. The van der Waals surface area contributed by atoms with E-state index in [4.69, 9.17) is 0 Å². The van der Waals surface area contributed by atoms with Crippen LogP contribution in [-0.2, 0) is 16.0 Å². The van der Waals surface area contributed by atoms with Crippen molar-refractivity contribution in [3.05, 3.63) is 35.3 Å². The molecule has 0 bridgehead atoms. The van der Waals surface area contributed by atoms with Gasteiger partial charge in [0.15, 0.2) is 5.13 Å². The molecule has 1 aromatic heterocycles. The zero-order valence-corrected chi connectivity index (χ0v) is 15.9. The number of carbonyl (C=O) groups is 2. The van der Waals surface area contributed by atoms with Gasteiger partial charge in [-0.2, -0.15) is 0 Å². The SMILES string of the molecule is CC(C)CC(C(=O)Nc1nccs1)N1C(=O)Cc2cc(OC(F)(F)F)ccc21. The van der Waals surface area contributed by atoms with Gasteiger partial charge in [0, 0.05) is 17.3 Å². The van der Waals surface area contributed by atoms with E-state index in [1.165, 1.54) is 28.4 Å². The lowest BCUT2D eigenvalue weighted by atomic mass is 10.0. The molecule has 1 N–H and O–H groups in total. The van der Waals surface area contributed by atoms with Crippen LogP contribution in [0.2, 0.25) is 0 Å². The lowest BCUT2D eigenvalue weighted by Crippen LogP contribution is -2.46. The number of hydrogen-bond acceptors (Lipinski definition) is 5. The van der Waals surface area contributed by atoms with Gasteiger partial charge in [0.1, 0.15) is 11.8 Å². The normalized spacial score (nSPS) is 14.9. The monoisotopic (exact) mass is 413 g/mol. The van der Waals surface area contributed by atoms with Crippen molar-refractivity contribution in [2.45, 2.75) is 39.1 Å². The van der Waals surface area contributed by atoms with Crippen LogP contribution in [-0.4, -0.2) is 29.2 Å². The van der Waals surface area contributed by atoms with Crippen molar-refractivity contribution in [1.82, 2.24) is 4.98 Å². The maximum Gasteiger partial charge on any atom is 0.573 e. The highest BCUT2D eigenvalue weighted by molar-refractivity contribution is 7.13. The number of nitrogens with zero attached hydrogens (tertiary/aromatic N) is 2. The van der Waals surface area contributed by atoms with Crippen LogP contribution in [0.3, 0.4) is 0 Å². The fourth-order valence-electron chi connectivity index (χ4n) is 3.11. The molecular weight excluding hydrogens is 395 g/mol. The van der Waals surface area contributed by atoms with E-state index in [0.29, 0.717) is 22.8 Å². The Bertz CT molecular complexity index is 869. The predicted molar refractivity (Wildman–Crippen MR) is 98.3 cm³/mol. The average molecular weight is 413 g/mol. The van der Waals surface area contributed by atoms with Gasteiger partial charge in [-0.1, -0.05) is 13.8 Å². The number of amides is 2. The van der Waals surface area contributed by atoms with Crippen LogP contribution in [0.5, 0.6) is 5.75 Å². The van der Waals surface area contributed by atoms with E-state index in [2.05, 4.69) is 15.0 Å². The standard InChI is InChI=1S/C18H18F3N3O3S/c1-10(2)7-14(16(26)23-17-22-5-6-28-17)24-13-4-3-12(27-18(19,20)21)8-11(13)9-15(24)25/h3-6,8,10,14H,7,9H2,1-2H3,(H,22,23,26). The van der Waals surface area contributed by atoms with Crippen molar-refractivity contribution in [2.24, 2.45) is 5.92 Å². The van der Waals surface area contributed by atoms with Crippen LogP contribution in [0.25, 0.3) is 0 Å². The predicted octanol–water partition coefficient (Wildman–Crippen LogP) is 3.98. The van der Waals surface area contributed by atoms with Crippen LogP contribution in [0, 0.1) is 5.92 Å². The number of hydrogen-bond donors (Lipinski definition) is 1. The van der Waals surface area contributed by atoms with Crippen LogP contribution < -0.4 is 15.0 Å². The molecular formula is C18H18F3N3O3S. The summed E-state index contributed by atoms with van der Waals surface area (Å²) in [4.78, 5) is 30.8. The van der Waals surface area contributed by atoms with E-state index < -0.39 is 18.2 Å². The van der Waals surface area contributed by atoms with Gasteiger partial charge in [0.05, 0.1) is 6.42 Å². The van der Waals surface area contributed by atoms with E-state index in [-0.39, 0.29) is 24.2 Å². The summed E-state index contributed by atoms with van der Waals surface area (Å²) in [5.41, 5.74) is 0.807. The number of aromatic nitrogens is 1. The highest BCUT2D eigenvalue weighted by atomic mass is 32.1. The maximum absolute atomic E-state index is 12.8. The molecule has 1 atom stereocenters. The Morgan fingerprint density at radius 3 is 2.75 bits per heavy atom. The molecule has 10 heteroatoms. The summed E-state index contributed by atoms with van der Waals surface area (Å²) in [6, 6.07) is 2.91. The van der Waals surface area contributed by atoms with Gasteiger partial charge in [-0.05, 0) is 36.1 Å². The molecule has 1 aliphatic heterocycles. The largest absolute Gasteiger partial charge is 0.573 e. The molecule has 2 aromatic rings. The van der Waals surface area contributed by atoms with Gasteiger partial charge < -0.3 is 10.1 Å². The second kappa shape index (κ2) is 7.78. The maximum atomic E-state index is 12.8. The minimum absolute atomic E-state index is 0.0937. The smallest absolute Gasteiger partial charge is 0.406 e. The Morgan fingerprint density at radius 2 is 2.14 bits per heavy atom. The first-order chi connectivity index (χ1) is 13.1. The quantitative estimate of drug-likeness (QED) is 0.778. The van der Waals surface area contributed by atoms with Crippen LogP contribution >= 0.6 is 11.3 Å². The summed E-state index contributed by atoms with van der Waals surface area (Å²) in [6.07, 6.45) is -2.97. The van der Waals surface area contributed by atoms with Gasteiger partial charge in [0.25, 0.3) is 0 Å². The third-order valence-corrected chi connectivity index (χ3v) is 4.81. The zero-order valence-electron chi connectivity index (χ0n) is 15.1. The van der Waals surface area contributed by atoms with Gasteiger partial charge in [-0.15, -0.1) is 24.5 Å². The molecule has 0 radical (unpaired) electrons. The average Bonchev–Trinajstić information content (AvgIpc) is 3.17. The van der Waals surface area contributed by atoms with Gasteiger partial charge in [-0.25, -0.2) is 4.98 Å². The Kier molecular flexibility index (Phi) is 5.59. The third-order valence-electron chi connectivity index (χ3n) is 4.13. The molecule has 150 valence electrons. The van der Waals surface area contributed by atoms with Gasteiger partial charge in [0.2, 0.25) is 11.8 Å². The molecule has 1 unspecified atom stereocenters. The number of thiazole rings is 1. The first kappa shape index (κ1) is 20.1.